The van der Waals surface area contributed by atoms with Crippen molar-refractivity contribution in [2.45, 2.75) is 65.0 Å². The number of anilines is 8. The molecule has 0 amide bonds. The van der Waals surface area contributed by atoms with Gasteiger partial charge >= 0.3 is 0 Å². The van der Waals surface area contributed by atoms with Gasteiger partial charge in [-0.25, -0.2) is 19.9 Å². The minimum absolute atomic E-state index is 0.0260. The first-order chi connectivity index (χ1) is 34.0. The molecule has 0 aliphatic heterocycles. The Morgan fingerprint density at radius 2 is 0.957 bits per heavy atom. The van der Waals surface area contributed by atoms with E-state index in [2.05, 4.69) is 102 Å². The Bertz CT molecular complexity index is 2850. The SMILES string of the molecule is CCCCCNc1nc(N)nc2cccnc12.CC[C@H](C)[C@@H](CO)Nc1nc(N)nc2cccnc12.CSCC[C@@H](CO)Nc1nc(N)nc2cccnc12.Nc1nc(NCCO)c2ncccc2n1. The number of nitrogens with zero attached hydrogens (tertiary/aromatic N) is 12. The molecular formula is C46H64N20O3S. The van der Waals surface area contributed by atoms with Crippen molar-refractivity contribution in [3.63, 3.8) is 0 Å². The fourth-order valence-corrected chi connectivity index (χ4v) is 7.16. The topological polar surface area (TPSA) is 368 Å². The van der Waals surface area contributed by atoms with Gasteiger partial charge in [-0.1, -0.05) is 40.0 Å². The number of nitrogens with one attached hydrogen (secondary N) is 4. The zero-order valence-corrected chi connectivity index (χ0v) is 40.7. The lowest BCUT2D eigenvalue weighted by Crippen LogP contribution is -2.31. The van der Waals surface area contributed by atoms with Gasteiger partial charge in [0, 0.05) is 37.9 Å². The average Bonchev–Trinajstić information content (AvgIpc) is 3.37. The highest BCUT2D eigenvalue weighted by Crippen LogP contribution is 2.23. The van der Waals surface area contributed by atoms with Crippen LogP contribution in [0.2, 0.25) is 0 Å². The first kappa shape index (κ1) is 53.5. The second-order valence-electron chi connectivity index (χ2n) is 15.6. The van der Waals surface area contributed by atoms with E-state index < -0.39 is 0 Å². The van der Waals surface area contributed by atoms with Crippen LogP contribution in [0.5, 0.6) is 0 Å². The number of aliphatic hydroxyl groups excluding tert-OH is 3. The lowest BCUT2D eigenvalue weighted by Gasteiger charge is -2.23. The molecule has 8 aromatic rings. The third-order valence-electron chi connectivity index (χ3n) is 10.4. The maximum absolute atomic E-state index is 9.47. The molecule has 0 saturated heterocycles. The van der Waals surface area contributed by atoms with Gasteiger partial charge in [0.2, 0.25) is 23.8 Å². The maximum atomic E-state index is 9.47. The molecule has 23 nitrogen and oxygen atoms in total. The number of thioether (sulfide) groups is 1. The van der Waals surface area contributed by atoms with Gasteiger partial charge in [-0.2, -0.15) is 31.7 Å². The Hall–Kier alpha value is -7.41. The minimum atomic E-state index is -0.0792. The van der Waals surface area contributed by atoms with Gasteiger partial charge < -0.3 is 59.5 Å². The lowest BCUT2D eigenvalue weighted by atomic mass is 10.00. The summed E-state index contributed by atoms with van der Waals surface area (Å²) >= 11 is 1.74. The van der Waals surface area contributed by atoms with Crippen molar-refractivity contribution in [3.8, 4) is 0 Å². The molecule has 0 aliphatic carbocycles. The van der Waals surface area contributed by atoms with Gasteiger partial charge in [0.05, 0.1) is 54.0 Å². The zero-order chi connectivity index (χ0) is 50.3. The average molecular weight is 977 g/mol. The second-order valence-corrected chi connectivity index (χ2v) is 16.6. The second kappa shape index (κ2) is 28.2. The van der Waals surface area contributed by atoms with Gasteiger partial charge in [0.25, 0.3) is 0 Å². The van der Waals surface area contributed by atoms with Crippen LogP contribution >= 0.6 is 11.8 Å². The summed E-state index contributed by atoms with van der Waals surface area (Å²) in [5, 5.41) is 40.2. The normalized spacial score (nSPS) is 12.1. The largest absolute Gasteiger partial charge is 0.395 e. The number of hydrogen-bond donors (Lipinski definition) is 11. The van der Waals surface area contributed by atoms with Crippen LogP contribution in [0.1, 0.15) is 52.9 Å². The van der Waals surface area contributed by atoms with Crippen molar-refractivity contribution in [1.82, 2.24) is 59.8 Å². The fraction of sp³-hybridized carbons (Fsp3) is 0.391. The van der Waals surface area contributed by atoms with E-state index in [9.17, 15) is 10.2 Å². The summed E-state index contributed by atoms with van der Waals surface area (Å²) in [6, 6.07) is 14.5. The van der Waals surface area contributed by atoms with Crippen molar-refractivity contribution in [2.24, 2.45) is 5.92 Å². The van der Waals surface area contributed by atoms with Gasteiger partial charge in [-0.05, 0) is 79.3 Å². The van der Waals surface area contributed by atoms with Crippen LogP contribution in [-0.4, -0.2) is 132 Å². The molecule has 0 bridgehead atoms. The van der Waals surface area contributed by atoms with E-state index in [4.69, 9.17) is 28.0 Å². The van der Waals surface area contributed by atoms with Crippen molar-refractivity contribution in [2.75, 3.05) is 89.1 Å². The van der Waals surface area contributed by atoms with Crippen LogP contribution in [0.3, 0.4) is 0 Å². The predicted octanol–water partition coefficient (Wildman–Crippen LogP) is 4.78. The van der Waals surface area contributed by atoms with E-state index in [1.807, 2.05) is 36.6 Å². The molecule has 8 heterocycles. The number of unbranched alkanes of at least 4 members (excludes halogenated alkanes) is 2. The summed E-state index contributed by atoms with van der Waals surface area (Å²) in [6.45, 7) is 7.73. The van der Waals surface area contributed by atoms with E-state index in [-0.39, 0.29) is 55.7 Å². The molecule has 70 heavy (non-hydrogen) atoms. The molecule has 0 spiro atoms. The molecule has 15 N–H and O–H groups in total. The van der Waals surface area contributed by atoms with Crippen LogP contribution in [-0.2, 0) is 0 Å². The number of rotatable bonds is 19. The molecule has 0 aliphatic rings. The first-order valence-corrected chi connectivity index (χ1v) is 24.3. The van der Waals surface area contributed by atoms with E-state index in [0.717, 1.165) is 48.4 Å². The van der Waals surface area contributed by atoms with Crippen LogP contribution in [0.15, 0.2) is 73.3 Å². The Morgan fingerprint density at radius 1 is 0.543 bits per heavy atom. The molecule has 0 fully saturated rings. The lowest BCUT2D eigenvalue weighted by molar-refractivity contribution is 0.241. The number of aromatic nitrogens is 12. The third kappa shape index (κ3) is 15.8. The van der Waals surface area contributed by atoms with E-state index in [1.54, 1.807) is 54.7 Å². The third-order valence-corrected chi connectivity index (χ3v) is 11.1. The Labute approximate surface area is 410 Å². The van der Waals surface area contributed by atoms with Crippen molar-refractivity contribution in [1.29, 1.82) is 0 Å². The standard InChI is InChI=1S/C13H19N5O.C12H17N5OS.C12H17N5.C9H11N5O/c1-3-8(2)10(7-19)16-12-11-9(5-4-6-15-11)17-13(14)18-12;1-19-6-4-8(7-18)15-11-10-9(3-2-5-14-10)16-12(13)17-11;1-2-3-4-7-15-11-10-9(6-5-8-14-10)16-12(13)17-11;10-9-13-6-2-1-3-11-7(6)8(14-9)12-4-5-15/h4-6,8,10,19H,3,7H2,1-2H3,(H3,14,16,17,18);2-3,5,8,18H,4,6-7H2,1H3,(H3,13,15,16,17);5-6,8H,2-4,7H2,1H3,(H3,13,15,16,17);1-3,15H,4-5H2,(H3,10,12,13,14)/t8-,10+;8-;;/m00../s1. The monoisotopic (exact) mass is 977 g/mol. The molecule has 8 aromatic heterocycles. The summed E-state index contributed by atoms with van der Waals surface area (Å²) in [4.78, 5) is 50.0. The maximum Gasteiger partial charge on any atom is 0.222 e. The van der Waals surface area contributed by atoms with E-state index in [0.29, 0.717) is 63.0 Å². The van der Waals surface area contributed by atoms with E-state index in [1.165, 1.54) is 12.8 Å². The molecule has 24 heteroatoms. The first-order valence-electron chi connectivity index (χ1n) is 22.9. The highest BCUT2D eigenvalue weighted by molar-refractivity contribution is 7.98. The van der Waals surface area contributed by atoms with Gasteiger partial charge in [-0.3, -0.25) is 19.9 Å². The number of hydrogen-bond acceptors (Lipinski definition) is 24. The molecule has 0 saturated carbocycles. The molecule has 0 unspecified atom stereocenters. The van der Waals surface area contributed by atoms with Crippen LogP contribution in [0.25, 0.3) is 44.1 Å². The van der Waals surface area contributed by atoms with Crippen molar-refractivity contribution < 1.29 is 15.3 Å². The number of fused-ring (bicyclic) bond motifs is 4. The van der Waals surface area contributed by atoms with Crippen molar-refractivity contribution in [3.05, 3.63) is 73.3 Å². The van der Waals surface area contributed by atoms with Crippen LogP contribution in [0, 0.1) is 5.92 Å². The molecule has 0 aromatic carbocycles. The Balaban J connectivity index is 0.000000174. The number of aliphatic hydroxyl groups is 3. The van der Waals surface area contributed by atoms with Gasteiger partial charge in [0.15, 0.2) is 23.3 Å². The highest BCUT2D eigenvalue weighted by Gasteiger charge is 2.18. The molecule has 0 radical (unpaired) electrons. The summed E-state index contributed by atoms with van der Waals surface area (Å²) in [5.74, 6) is 4.57. The highest BCUT2D eigenvalue weighted by atomic mass is 32.2. The fourth-order valence-electron chi connectivity index (χ4n) is 6.64. The van der Waals surface area contributed by atoms with Gasteiger partial charge in [-0.15, -0.1) is 0 Å². The minimum Gasteiger partial charge on any atom is -0.395 e. The van der Waals surface area contributed by atoms with E-state index >= 15 is 0 Å². The van der Waals surface area contributed by atoms with Gasteiger partial charge in [0.1, 0.15) is 22.1 Å². The number of nitrogens with two attached hydrogens (primary N) is 4. The predicted molar refractivity (Wildman–Crippen MR) is 282 cm³/mol. The smallest absolute Gasteiger partial charge is 0.222 e. The summed E-state index contributed by atoms with van der Waals surface area (Å²) in [5.41, 5.74) is 28.2. The quantitative estimate of drug-likeness (QED) is 0.0486. The Morgan fingerprint density at radius 3 is 1.34 bits per heavy atom. The van der Waals surface area contributed by atoms with Crippen LogP contribution in [0.4, 0.5) is 47.1 Å². The summed E-state index contributed by atoms with van der Waals surface area (Å²) in [7, 11) is 0. The molecule has 3 atom stereocenters. The van der Waals surface area contributed by atoms with Crippen LogP contribution < -0.4 is 44.2 Å². The molecular weight excluding hydrogens is 913 g/mol. The molecule has 8 rings (SSSR count). The number of pyridine rings is 4. The number of nitrogen functional groups attached to an aromatic ring is 4. The van der Waals surface area contributed by atoms with Crippen molar-refractivity contribution >= 4 is 103 Å². The molecule has 372 valence electrons. The zero-order valence-electron chi connectivity index (χ0n) is 39.9. The Kier molecular flexibility index (Phi) is 21.5. The summed E-state index contributed by atoms with van der Waals surface area (Å²) in [6.07, 6.45) is 14.1. The summed E-state index contributed by atoms with van der Waals surface area (Å²) < 4.78 is 0.